The minimum Gasteiger partial charge on any atom is -0.357 e. The van der Waals surface area contributed by atoms with Crippen molar-refractivity contribution in [1.82, 2.24) is 25.7 Å². The Morgan fingerprint density at radius 2 is 2.00 bits per heavy atom. The molecule has 1 aliphatic heterocycles. The Labute approximate surface area is 212 Å². The lowest BCUT2D eigenvalue weighted by molar-refractivity contribution is 0.150. The second-order valence-corrected chi connectivity index (χ2v) is 8.86. The summed E-state index contributed by atoms with van der Waals surface area (Å²) in [5.41, 5.74) is 0.852. The Morgan fingerprint density at radius 3 is 2.72 bits per heavy atom. The Hall–Kier alpha value is -1.39. The van der Waals surface area contributed by atoms with Gasteiger partial charge in [0.1, 0.15) is 0 Å². The molecule has 2 fully saturated rings. The third kappa shape index (κ3) is 7.05. The third-order valence-electron chi connectivity index (χ3n) is 6.20. The number of rotatable bonds is 7. The predicted molar refractivity (Wildman–Crippen MR) is 140 cm³/mol. The fourth-order valence-corrected chi connectivity index (χ4v) is 4.75. The number of guanidine groups is 1. The zero-order valence-electron chi connectivity index (χ0n) is 18.7. The Bertz CT molecular complexity index is 862. The zero-order chi connectivity index (χ0) is 21.5. The molecule has 0 bridgehead atoms. The van der Waals surface area contributed by atoms with Crippen LogP contribution in [0.4, 0.5) is 0 Å². The van der Waals surface area contributed by atoms with Crippen molar-refractivity contribution in [3.63, 3.8) is 0 Å². The van der Waals surface area contributed by atoms with E-state index in [9.17, 15) is 0 Å². The summed E-state index contributed by atoms with van der Waals surface area (Å²) in [6.45, 7) is 5.90. The zero-order valence-corrected chi connectivity index (χ0v) is 21.8. The molecule has 1 aromatic heterocycles. The topological polar surface area (TPSA) is 78.6 Å². The van der Waals surface area contributed by atoms with Crippen LogP contribution in [0.3, 0.4) is 0 Å². The first-order valence-corrected chi connectivity index (χ1v) is 12.0. The molecule has 2 aromatic rings. The van der Waals surface area contributed by atoms with E-state index in [0.717, 1.165) is 24.1 Å². The Morgan fingerprint density at radius 1 is 1.22 bits per heavy atom. The van der Waals surface area contributed by atoms with E-state index in [1.807, 2.05) is 24.3 Å². The van der Waals surface area contributed by atoms with E-state index in [0.29, 0.717) is 35.7 Å². The van der Waals surface area contributed by atoms with Crippen LogP contribution in [0.2, 0.25) is 5.02 Å². The van der Waals surface area contributed by atoms with Crippen LogP contribution in [0, 0.1) is 0 Å². The molecule has 2 N–H and O–H groups in total. The molecule has 0 radical (unpaired) electrons. The summed E-state index contributed by atoms with van der Waals surface area (Å²) in [6.07, 6.45) is 8.53. The van der Waals surface area contributed by atoms with Gasteiger partial charge in [-0.3, -0.25) is 4.99 Å². The number of benzene rings is 1. The second kappa shape index (κ2) is 12.7. The number of piperidine rings is 1. The molecule has 1 saturated heterocycles. The number of aliphatic imine (C=N–C) groups is 1. The molecule has 2 aliphatic rings. The van der Waals surface area contributed by atoms with Crippen molar-refractivity contribution in [3.8, 4) is 11.4 Å². The molecule has 0 spiro atoms. The highest BCUT2D eigenvalue weighted by atomic mass is 127. The number of nitrogens with zero attached hydrogens (tertiary/aromatic N) is 4. The fourth-order valence-electron chi connectivity index (χ4n) is 4.56. The summed E-state index contributed by atoms with van der Waals surface area (Å²) in [6, 6.07) is 8.77. The van der Waals surface area contributed by atoms with Gasteiger partial charge in [0.25, 0.3) is 0 Å². The first-order chi connectivity index (χ1) is 15.2. The number of nitrogens with one attached hydrogen (secondary N) is 2. The van der Waals surface area contributed by atoms with Crippen molar-refractivity contribution >= 4 is 41.5 Å². The van der Waals surface area contributed by atoms with Crippen molar-refractivity contribution in [3.05, 3.63) is 35.2 Å². The minimum atomic E-state index is 0. The molecule has 1 saturated carbocycles. The van der Waals surface area contributed by atoms with E-state index in [4.69, 9.17) is 21.1 Å². The molecule has 1 aromatic carbocycles. The summed E-state index contributed by atoms with van der Waals surface area (Å²) < 4.78 is 5.39. The number of aromatic nitrogens is 2. The molecule has 0 atom stereocenters. The van der Waals surface area contributed by atoms with Crippen LogP contribution in [0.25, 0.3) is 11.4 Å². The summed E-state index contributed by atoms with van der Waals surface area (Å²) in [7, 11) is 0. The second-order valence-electron chi connectivity index (χ2n) is 8.43. The van der Waals surface area contributed by atoms with Gasteiger partial charge in [-0.2, -0.15) is 4.98 Å². The number of halogens is 2. The van der Waals surface area contributed by atoms with E-state index in [2.05, 4.69) is 32.6 Å². The first-order valence-electron chi connectivity index (χ1n) is 11.6. The quantitative estimate of drug-likeness (QED) is 0.289. The molecule has 9 heteroatoms. The van der Waals surface area contributed by atoms with E-state index < -0.39 is 0 Å². The Kier molecular flexibility index (Phi) is 10.1. The number of hydrogen-bond donors (Lipinski definition) is 2. The van der Waals surface area contributed by atoms with E-state index >= 15 is 0 Å². The predicted octanol–water partition coefficient (Wildman–Crippen LogP) is 4.51. The largest absolute Gasteiger partial charge is 0.357 e. The maximum absolute atomic E-state index is 6.05. The van der Waals surface area contributed by atoms with Crippen molar-refractivity contribution < 1.29 is 4.52 Å². The van der Waals surface area contributed by atoms with Crippen molar-refractivity contribution in [1.29, 1.82) is 0 Å². The van der Waals surface area contributed by atoms with Crippen LogP contribution in [0.1, 0.15) is 51.3 Å². The minimum absolute atomic E-state index is 0. The number of likely N-dealkylation sites (tertiary alicyclic amines) is 1. The van der Waals surface area contributed by atoms with Crippen LogP contribution in [0.5, 0.6) is 0 Å². The van der Waals surface area contributed by atoms with Gasteiger partial charge in [-0.15, -0.1) is 24.0 Å². The maximum atomic E-state index is 6.05. The van der Waals surface area contributed by atoms with Gasteiger partial charge in [-0.25, -0.2) is 0 Å². The smallest absolute Gasteiger partial charge is 0.228 e. The monoisotopic (exact) mass is 572 g/mol. The van der Waals surface area contributed by atoms with Crippen molar-refractivity contribution in [2.24, 2.45) is 4.99 Å². The number of hydrogen-bond acceptors (Lipinski definition) is 5. The van der Waals surface area contributed by atoms with Crippen molar-refractivity contribution in [2.75, 3.05) is 26.2 Å². The SMILES string of the molecule is CCNC(=NCCc1nc(-c2cccc(Cl)c2)no1)NC1CCN(C2CCCC2)CC1.I. The lowest BCUT2D eigenvalue weighted by Gasteiger charge is -2.36. The van der Waals surface area contributed by atoms with Gasteiger partial charge in [-0.1, -0.05) is 41.7 Å². The van der Waals surface area contributed by atoms with Crippen LogP contribution in [0.15, 0.2) is 33.8 Å². The average Bonchev–Trinajstić information content (AvgIpc) is 3.47. The van der Waals surface area contributed by atoms with Crippen LogP contribution in [-0.2, 0) is 6.42 Å². The molecule has 2 heterocycles. The molecule has 176 valence electrons. The summed E-state index contributed by atoms with van der Waals surface area (Å²) in [5.74, 6) is 2.01. The van der Waals surface area contributed by atoms with E-state index in [-0.39, 0.29) is 24.0 Å². The highest BCUT2D eigenvalue weighted by Crippen LogP contribution is 2.26. The Balaban J connectivity index is 0.00000289. The average molecular weight is 573 g/mol. The van der Waals surface area contributed by atoms with Gasteiger partial charge < -0.3 is 20.1 Å². The standard InChI is InChI=1S/C23H33ClN6O.HI/c1-2-25-23(27-19-11-14-30(15-12-19)20-8-3-4-9-20)26-13-10-21-28-22(29-31-21)17-6-5-7-18(24)16-17;/h5-7,16,19-20H,2-4,8-15H2,1H3,(H2,25,26,27);1H. The normalized spacial score (nSPS) is 18.5. The highest BCUT2D eigenvalue weighted by molar-refractivity contribution is 14.0. The lowest BCUT2D eigenvalue weighted by atomic mass is 10.0. The van der Waals surface area contributed by atoms with E-state index in [1.165, 1.54) is 51.6 Å². The van der Waals surface area contributed by atoms with Gasteiger partial charge >= 0.3 is 0 Å². The van der Waals surface area contributed by atoms with E-state index in [1.54, 1.807) is 0 Å². The summed E-state index contributed by atoms with van der Waals surface area (Å²) in [5, 5.41) is 11.7. The molecule has 4 rings (SSSR count). The summed E-state index contributed by atoms with van der Waals surface area (Å²) in [4.78, 5) is 11.9. The molecular formula is C23H34ClIN6O. The molecular weight excluding hydrogens is 539 g/mol. The molecule has 0 amide bonds. The van der Waals surface area contributed by atoms with Gasteiger partial charge in [0.2, 0.25) is 11.7 Å². The van der Waals surface area contributed by atoms with Crippen LogP contribution < -0.4 is 10.6 Å². The molecule has 1 aliphatic carbocycles. The van der Waals surface area contributed by atoms with Gasteiger partial charge in [-0.05, 0) is 44.7 Å². The lowest BCUT2D eigenvalue weighted by Crippen LogP contribution is -2.50. The maximum Gasteiger partial charge on any atom is 0.228 e. The van der Waals surface area contributed by atoms with Gasteiger partial charge in [0.05, 0.1) is 6.54 Å². The van der Waals surface area contributed by atoms with Crippen molar-refractivity contribution in [2.45, 2.75) is 64.0 Å². The summed E-state index contributed by atoms with van der Waals surface area (Å²) >= 11 is 6.05. The first kappa shape index (κ1) is 25.2. The van der Waals surface area contributed by atoms with Gasteiger partial charge in [0, 0.05) is 48.7 Å². The molecule has 32 heavy (non-hydrogen) atoms. The van der Waals surface area contributed by atoms with Crippen LogP contribution >= 0.6 is 35.6 Å². The van der Waals surface area contributed by atoms with Gasteiger partial charge in [0.15, 0.2) is 5.96 Å². The highest BCUT2D eigenvalue weighted by Gasteiger charge is 2.27. The molecule has 7 nitrogen and oxygen atoms in total. The fraction of sp³-hybridized carbons (Fsp3) is 0.609. The van der Waals surface area contributed by atoms with Crippen LogP contribution in [-0.4, -0.2) is 59.3 Å². The molecule has 0 unspecified atom stereocenters. The third-order valence-corrected chi connectivity index (χ3v) is 6.44.